The van der Waals surface area contributed by atoms with Crippen LogP contribution in [0.1, 0.15) is 37.7 Å². The van der Waals surface area contributed by atoms with Crippen LogP contribution in [0.3, 0.4) is 0 Å². The van der Waals surface area contributed by atoms with E-state index >= 15 is 0 Å². The summed E-state index contributed by atoms with van der Waals surface area (Å²) in [6.07, 6.45) is 5.36. The number of rotatable bonds is 1. The Morgan fingerprint density at radius 2 is 2.10 bits per heavy atom. The van der Waals surface area contributed by atoms with Crippen molar-refractivity contribution >= 4 is 23.3 Å². The fraction of sp³-hybridized carbons (Fsp3) is 0.562. The van der Waals surface area contributed by atoms with E-state index in [9.17, 15) is 4.79 Å². The van der Waals surface area contributed by atoms with Gasteiger partial charge in [-0.15, -0.1) is 0 Å². The van der Waals surface area contributed by atoms with Gasteiger partial charge in [0.25, 0.3) is 0 Å². The van der Waals surface area contributed by atoms with E-state index in [2.05, 4.69) is 5.32 Å². The molecule has 1 aromatic rings. The summed E-state index contributed by atoms with van der Waals surface area (Å²) in [6.45, 7) is 3.23. The van der Waals surface area contributed by atoms with Crippen molar-refractivity contribution in [3.63, 3.8) is 0 Å². The highest BCUT2D eigenvalue weighted by Crippen LogP contribution is 2.38. The van der Waals surface area contributed by atoms with Crippen LogP contribution < -0.4 is 5.32 Å². The molecule has 5 heteroatoms. The van der Waals surface area contributed by atoms with Gasteiger partial charge in [0.2, 0.25) is 0 Å². The first-order valence-electron chi connectivity index (χ1n) is 7.59. The molecule has 1 saturated heterocycles. The Kier molecular flexibility index (Phi) is 4.09. The third-order valence-corrected chi connectivity index (χ3v) is 4.89. The number of aryl methyl sites for hydroxylation is 1. The molecule has 1 aliphatic heterocycles. The summed E-state index contributed by atoms with van der Waals surface area (Å²) in [5.74, 6) is 0. The summed E-state index contributed by atoms with van der Waals surface area (Å²) >= 11 is 6.11. The number of hydrogen-bond donors (Lipinski definition) is 1. The van der Waals surface area contributed by atoms with Crippen LogP contribution in [0.4, 0.5) is 10.5 Å². The van der Waals surface area contributed by atoms with Crippen LogP contribution in [0, 0.1) is 6.92 Å². The summed E-state index contributed by atoms with van der Waals surface area (Å²) in [4.78, 5) is 14.4. The van der Waals surface area contributed by atoms with Crippen molar-refractivity contribution in [1.82, 2.24) is 4.90 Å². The number of anilines is 1. The minimum absolute atomic E-state index is 0.0886. The second-order valence-corrected chi connectivity index (χ2v) is 6.31. The number of benzene rings is 1. The maximum Gasteiger partial charge on any atom is 0.324 e. The first-order valence-corrected chi connectivity index (χ1v) is 7.97. The number of amides is 2. The fourth-order valence-electron chi connectivity index (χ4n) is 3.28. The maximum atomic E-state index is 12.6. The zero-order valence-electron chi connectivity index (χ0n) is 12.3. The highest BCUT2D eigenvalue weighted by molar-refractivity contribution is 6.31. The number of carbonyl (C=O) groups excluding carboxylic acids is 1. The smallest absolute Gasteiger partial charge is 0.324 e. The Labute approximate surface area is 130 Å². The van der Waals surface area contributed by atoms with Gasteiger partial charge < -0.3 is 10.1 Å². The zero-order chi connectivity index (χ0) is 14.9. The molecule has 0 aromatic heterocycles. The van der Waals surface area contributed by atoms with Crippen molar-refractivity contribution < 1.29 is 9.53 Å². The predicted molar refractivity (Wildman–Crippen MR) is 83.7 cm³/mol. The van der Waals surface area contributed by atoms with Crippen molar-refractivity contribution in [2.75, 3.05) is 18.5 Å². The lowest BCUT2D eigenvalue weighted by Crippen LogP contribution is -2.51. The summed E-state index contributed by atoms with van der Waals surface area (Å²) in [5, 5.41) is 3.61. The highest BCUT2D eigenvalue weighted by atomic mass is 35.5. The molecular weight excluding hydrogens is 288 g/mol. The fourth-order valence-corrected chi connectivity index (χ4v) is 3.46. The van der Waals surface area contributed by atoms with Crippen molar-refractivity contribution in [1.29, 1.82) is 0 Å². The second kappa shape index (κ2) is 5.85. The largest absolute Gasteiger partial charge is 0.354 e. The summed E-state index contributed by atoms with van der Waals surface area (Å²) < 4.78 is 5.93. The second-order valence-electron chi connectivity index (χ2n) is 5.90. The van der Waals surface area contributed by atoms with Gasteiger partial charge in [0.05, 0.1) is 6.61 Å². The number of ether oxygens (including phenoxy) is 1. The van der Waals surface area contributed by atoms with Crippen LogP contribution in [0.15, 0.2) is 18.2 Å². The molecule has 0 bridgehead atoms. The van der Waals surface area contributed by atoms with E-state index in [1.165, 1.54) is 6.42 Å². The van der Waals surface area contributed by atoms with Gasteiger partial charge in [0, 0.05) is 17.3 Å². The van der Waals surface area contributed by atoms with Gasteiger partial charge in [0.15, 0.2) is 0 Å². The van der Waals surface area contributed by atoms with Crippen molar-refractivity contribution in [3.05, 3.63) is 28.8 Å². The number of halogens is 1. The number of urea groups is 1. The minimum Gasteiger partial charge on any atom is -0.354 e. The van der Waals surface area contributed by atoms with Gasteiger partial charge in [-0.1, -0.05) is 24.1 Å². The summed E-state index contributed by atoms with van der Waals surface area (Å²) in [5.41, 5.74) is 1.35. The lowest BCUT2D eigenvalue weighted by atomic mass is 9.91. The van der Waals surface area contributed by atoms with Crippen molar-refractivity contribution in [2.45, 2.75) is 44.8 Å². The molecule has 1 spiro atoms. The van der Waals surface area contributed by atoms with Gasteiger partial charge in [-0.05, 0) is 50.3 Å². The third kappa shape index (κ3) is 2.87. The van der Waals surface area contributed by atoms with E-state index in [1.807, 2.05) is 24.0 Å². The molecule has 21 heavy (non-hydrogen) atoms. The monoisotopic (exact) mass is 308 g/mol. The van der Waals surface area contributed by atoms with E-state index in [1.54, 1.807) is 6.07 Å². The van der Waals surface area contributed by atoms with Crippen LogP contribution in [0.2, 0.25) is 5.02 Å². The molecule has 0 unspecified atom stereocenters. The highest BCUT2D eigenvalue weighted by Gasteiger charge is 2.45. The van der Waals surface area contributed by atoms with Gasteiger partial charge in [-0.25, -0.2) is 4.79 Å². The Hall–Kier alpha value is -1.26. The van der Waals surface area contributed by atoms with E-state index in [0.717, 1.165) is 36.9 Å². The summed E-state index contributed by atoms with van der Waals surface area (Å²) in [7, 11) is 0. The van der Waals surface area contributed by atoms with Gasteiger partial charge in [-0.3, -0.25) is 4.90 Å². The van der Waals surface area contributed by atoms with Gasteiger partial charge >= 0.3 is 6.03 Å². The van der Waals surface area contributed by atoms with Gasteiger partial charge in [0.1, 0.15) is 5.72 Å². The Morgan fingerprint density at radius 1 is 1.33 bits per heavy atom. The predicted octanol–water partition coefficient (Wildman–Crippen LogP) is 4.17. The number of hydrogen-bond acceptors (Lipinski definition) is 2. The van der Waals surface area contributed by atoms with Crippen molar-refractivity contribution in [2.24, 2.45) is 0 Å². The average Bonchev–Trinajstić information content (AvgIpc) is 2.87. The number of nitrogens with zero attached hydrogens (tertiary/aromatic N) is 1. The molecule has 114 valence electrons. The standard InChI is InChI=1S/C16H21ClN2O2/c1-12-5-6-13(11-14(12)17)18-15(20)19-9-10-21-16(19)7-3-2-4-8-16/h5-6,11H,2-4,7-10H2,1H3,(H,18,20). The van der Waals surface area contributed by atoms with Crippen LogP contribution >= 0.6 is 11.6 Å². The molecule has 2 fully saturated rings. The molecule has 1 saturated carbocycles. The molecular formula is C16H21ClN2O2. The number of carbonyl (C=O) groups is 1. The first kappa shape index (κ1) is 14.7. The van der Waals surface area contributed by atoms with Gasteiger partial charge in [-0.2, -0.15) is 0 Å². The number of nitrogens with one attached hydrogen (secondary N) is 1. The lowest BCUT2D eigenvalue weighted by Gasteiger charge is -2.39. The topological polar surface area (TPSA) is 41.6 Å². The average molecular weight is 309 g/mol. The van der Waals surface area contributed by atoms with Crippen LogP contribution in [0.5, 0.6) is 0 Å². The normalized spacial score (nSPS) is 20.8. The van der Waals surface area contributed by atoms with E-state index in [0.29, 0.717) is 18.2 Å². The molecule has 1 N–H and O–H groups in total. The van der Waals surface area contributed by atoms with Crippen LogP contribution in [0.25, 0.3) is 0 Å². The minimum atomic E-state index is -0.378. The third-order valence-electron chi connectivity index (χ3n) is 4.48. The molecule has 1 aromatic carbocycles. The first-order chi connectivity index (χ1) is 10.1. The molecule has 2 aliphatic rings. The quantitative estimate of drug-likeness (QED) is 0.846. The lowest BCUT2D eigenvalue weighted by molar-refractivity contribution is -0.0867. The molecule has 0 atom stereocenters. The zero-order valence-corrected chi connectivity index (χ0v) is 13.1. The SMILES string of the molecule is Cc1ccc(NC(=O)N2CCOC23CCCCC3)cc1Cl. The van der Waals surface area contributed by atoms with Crippen molar-refractivity contribution in [3.8, 4) is 0 Å². The Bertz CT molecular complexity index is 541. The van der Waals surface area contributed by atoms with E-state index in [-0.39, 0.29) is 11.8 Å². The van der Waals surface area contributed by atoms with E-state index < -0.39 is 0 Å². The molecule has 1 aliphatic carbocycles. The Morgan fingerprint density at radius 3 is 2.81 bits per heavy atom. The van der Waals surface area contributed by atoms with Crippen LogP contribution in [-0.4, -0.2) is 29.8 Å². The van der Waals surface area contributed by atoms with E-state index in [4.69, 9.17) is 16.3 Å². The molecule has 0 radical (unpaired) electrons. The Balaban J connectivity index is 1.73. The molecule has 2 amide bonds. The molecule has 4 nitrogen and oxygen atoms in total. The molecule has 3 rings (SSSR count). The summed E-state index contributed by atoms with van der Waals surface area (Å²) in [6, 6.07) is 5.49. The molecule has 1 heterocycles. The maximum absolute atomic E-state index is 12.6. The van der Waals surface area contributed by atoms with Crippen LogP contribution in [-0.2, 0) is 4.74 Å².